The number of carbonyl (C=O) groups excluding carboxylic acids is 2. The first-order chi connectivity index (χ1) is 16.5. The van der Waals surface area contributed by atoms with Crippen molar-refractivity contribution in [2.45, 2.75) is 63.2 Å². The van der Waals surface area contributed by atoms with Gasteiger partial charge in [-0.25, -0.2) is 0 Å². The maximum atomic E-state index is 12.8. The first kappa shape index (κ1) is 24.1. The number of amides is 1. The van der Waals surface area contributed by atoms with Crippen LogP contribution in [0.3, 0.4) is 0 Å². The molecule has 0 radical (unpaired) electrons. The molecule has 1 N–H and O–H groups in total. The van der Waals surface area contributed by atoms with Gasteiger partial charge < -0.3 is 5.32 Å². The molecule has 8 heteroatoms. The number of benzene rings is 1. The number of nitrogens with zero attached hydrogens (tertiary/aromatic N) is 4. The monoisotopic (exact) mass is 477 g/mol. The highest BCUT2D eigenvalue weighted by Crippen LogP contribution is 2.38. The molecule has 1 aliphatic carbocycles. The predicted molar refractivity (Wildman–Crippen MR) is 133 cm³/mol. The molecule has 0 aliphatic heterocycles. The standard InChI is InChI=1S/C26H31N5O2S/c1-18-9-6-7-13-23(18)31-25(21-12-8-14-27-16-21)29-30-26(31)34-17-24(33)28-22(19(2)32)15-20-10-4-3-5-11-20/h3-5,8,10-12,14,16,18,22-23H,6-7,9,13,15,17H2,1-2H3,(H,28,33)/t18-,22-,23+/m0/s1. The second-order valence-corrected chi connectivity index (χ2v) is 9.90. The molecular formula is C26H31N5O2S. The molecule has 0 saturated heterocycles. The molecule has 1 fully saturated rings. The molecule has 0 spiro atoms. The summed E-state index contributed by atoms with van der Waals surface area (Å²) in [5.74, 6) is 1.22. The zero-order valence-electron chi connectivity index (χ0n) is 19.7. The molecule has 4 rings (SSSR count). The summed E-state index contributed by atoms with van der Waals surface area (Å²) in [6.07, 6.45) is 8.66. The number of hydrogen-bond donors (Lipinski definition) is 1. The Morgan fingerprint density at radius 2 is 1.91 bits per heavy atom. The fraction of sp³-hybridized carbons (Fsp3) is 0.423. The van der Waals surface area contributed by atoms with Crippen LogP contribution in [-0.4, -0.2) is 43.2 Å². The number of aromatic nitrogens is 4. The lowest BCUT2D eigenvalue weighted by Gasteiger charge is -2.31. The van der Waals surface area contributed by atoms with E-state index in [0.717, 1.165) is 28.5 Å². The summed E-state index contributed by atoms with van der Waals surface area (Å²) in [6.45, 7) is 3.79. The van der Waals surface area contributed by atoms with Crippen molar-refractivity contribution in [2.75, 3.05) is 5.75 Å². The number of thioether (sulfide) groups is 1. The smallest absolute Gasteiger partial charge is 0.231 e. The minimum atomic E-state index is -0.544. The molecule has 1 aromatic carbocycles. The van der Waals surface area contributed by atoms with E-state index in [2.05, 4.69) is 32.0 Å². The van der Waals surface area contributed by atoms with E-state index in [1.54, 1.807) is 12.4 Å². The van der Waals surface area contributed by atoms with Crippen molar-refractivity contribution in [3.05, 3.63) is 60.4 Å². The number of Topliss-reactive ketones (excluding diaryl/α,β-unsaturated/α-hetero) is 1. The lowest BCUT2D eigenvalue weighted by Crippen LogP contribution is -2.42. The Morgan fingerprint density at radius 3 is 2.62 bits per heavy atom. The third kappa shape index (κ3) is 5.91. The molecule has 0 bridgehead atoms. The third-order valence-corrected chi connectivity index (χ3v) is 7.37. The van der Waals surface area contributed by atoms with Gasteiger partial charge in [0.05, 0.1) is 11.8 Å². The Bertz CT molecular complexity index is 1100. The number of nitrogens with one attached hydrogen (secondary N) is 1. The van der Waals surface area contributed by atoms with E-state index in [0.29, 0.717) is 12.3 Å². The van der Waals surface area contributed by atoms with Crippen LogP contribution in [0.1, 0.15) is 51.1 Å². The molecule has 3 atom stereocenters. The molecule has 1 aliphatic rings. The van der Waals surface area contributed by atoms with Crippen LogP contribution in [0.5, 0.6) is 0 Å². The van der Waals surface area contributed by atoms with Gasteiger partial charge in [-0.2, -0.15) is 0 Å². The molecule has 34 heavy (non-hydrogen) atoms. The van der Waals surface area contributed by atoms with Crippen molar-refractivity contribution in [1.82, 2.24) is 25.1 Å². The summed E-state index contributed by atoms with van der Waals surface area (Å²) < 4.78 is 2.20. The Morgan fingerprint density at radius 1 is 1.12 bits per heavy atom. The van der Waals surface area contributed by atoms with E-state index in [1.165, 1.54) is 37.9 Å². The van der Waals surface area contributed by atoms with Crippen LogP contribution >= 0.6 is 11.8 Å². The van der Waals surface area contributed by atoms with Crippen LogP contribution in [0, 0.1) is 5.92 Å². The minimum Gasteiger partial charge on any atom is -0.345 e. The highest BCUT2D eigenvalue weighted by atomic mass is 32.2. The van der Waals surface area contributed by atoms with Gasteiger partial charge in [0.2, 0.25) is 5.91 Å². The van der Waals surface area contributed by atoms with Gasteiger partial charge in [0, 0.05) is 24.0 Å². The van der Waals surface area contributed by atoms with E-state index >= 15 is 0 Å². The zero-order valence-corrected chi connectivity index (χ0v) is 20.5. The number of ketones is 1. The van der Waals surface area contributed by atoms with Gasteiger partial charge >= 0.3 is 0 Å². The average molecular weight is 478 g/mol. The number of hydrogen-bond acceptors (Lipinski definition) is 6. The fourth-order valence-corrected chi connectivity index (χ4v) is 5.36. The van der Waals surface area contributed by atoms with Crippen molar-refractivity contribution in [3.63, 3.8) is 0 Å². The van der Waals surface area contributed by atoms with Crippen molar-refractivity contribution in [1.29, 1.82) is 0 Å². The SMILES string of the molecule is CC(=O)[C@H](Cc1ccccc1)NC(=O)CSc1nnc(-c2cccnc2)n1[C@@H]1CCCC[C@@H]1C. The van der Waals surface area contributed by atoms with Crippen LogP contribution < -0.4 is 5.32 Å². The second-order valence-electron chi connectivity index (χ2n) is 8.96. The van der Waals surface area contributed by atoms with E-state index in [1.807, 2.05) is 42.5 Å². The number of carbonyl (C=O) groups is 2. The summed E-state index contributed by atoms with van der Waals surface area (Å²) in [6, 6.07) is 13.4. The normalized spacial score (nSPS) is 18.9. The van der Waals surface area contributed by atoms with Gasteiger partial charge in [-0.15, -0.1) is 10.2 Å². The van der Waals surface area contributed by atoms with E-state index in [-0.39, 0.29) is 23.5 Å². The van der Waals surface area contributed by atoms with E-state index in [4.69, 9.17) is 0 Å². The Kier molecular flexibility index (Phi) is 8.11. The van der Waals surface area contributed by atoms with Crippen molar-refractivity contribution >= 4 is 23.5 Å². The highest BCUT2D eigenvalue weighted by Gasteiger charge is 2.29. The van der Waals surface area contributed by atoms with Crippen LogP contribution in [0.25, 0.3) is 11.4 Å². The van der Waals surface area contributed by atoms with Crippen molar-refractivity contribution in [2.24, 2.45) is 5.92 Å². The minimum absolute atomic E-state index is 0.0553. The number of pyridine rings is 1. The summed E-state index contributed by atoms with van der Waals surface area (Å²) in [5.41, 5.74) is 1.94. The molecule has 1 saturated carbocycles. The largest absolute Gasteiger partial charge is 0.345 e. The van der Waals surface area contributed by atoms with Gasteiger partial charge in [-0.1, -0.05) is 61.9 Å². The first-order valence-electron chi connectivity index (χ1n) is 11.8. The molecule has 2 heterocycles. The number of rotatable bonds is 9. The maximum Gasteiger partial charge on any atom is 0.231 e. The molecule has 7 nitrogen and oxygen atoms in total. The summed E-state index contributed by atoms with van der Waals surface area (Å²) >= 11 is 1.37. The lowest BCUT2D eigenvalue weighted by molar-refractivity contribution is -0.125. The third-order valence-electron chi connectivity index (χ3n) is 6.42. The van der Waals surface area contributed by atoms with E-state index in [9.17, 15) is 9.59 Å². The van der Waals surface area contributed by atoms with Crippen LogP contribution in [-0.2, 0) is 16.0 Å². The molecule has 178 valence electrons. The molecule has 3 aromatic rings. The molecule has 2 aromatic heterocycles. The fourth-order valence-electron chi connectivity index (χ4n) is 4.56. The van der Waals surface area contributed by atoms with Gasteiger partial charge in [0.25, 0.3) is 0 Å². The first-order valence-corrected chi connectivity index (χ1v) is 12.8. The Balaban J connectivity index is 1.49. The zero-order chi connectivity index (χ0) is 23.9. The van der Waals surface area contributed by atoms with Crippen LogP contribution in [0.15, 0.2) is 60.0 Å². The molecule has 0 unspecified atom stereocenters. The van der Waals surface area contributed by atoms with E-state index < -0.39 is 6.04 Å². The van der Waals surface area contributed by atoms with Gasteiger partial charge in [0.15, 0.2) is 16.8 Å². The molecule has 1 amide bonds. The van der Waals surface area contributed by atoms with Gasteiger partial charge in [-0.3, -0.25) is 19.1 Å². The highest BCUT2D eigenvalue weighted by molar-refractivity contribution is 7.99. The second kappa shape index (κ2) is 11.4. The van der Waals surface area contributed by atoms with Crippen molar-refractivity contribution in [3.8, 4) is 11.4 Å². The molecular weight excluding hydrogens is 446 g/mol. The topological polar surface area (TPSA) is 89.8 Å². The Labute approximate surface area is 204 Å². The summed E-state index contributed by atoms with van der Waals surface area (Å²) in [4.78, 5) is 29.2. The quantitative estimate of drug-likeness (QED) is 0.457. The van der Waals surface area contributed by atoms with Crippen LogP contribution in [0.2, 0.25) is 0 Å². The van der Waals surface area contributed by atoms with Gasteiger partial charge in [0.1, 0.15) is 0 Å². The average Bonchev–Trinajstić information content (AvgIpc) is 3.27. The predicted octanol–water partition coefficient (Wildman–Crippen LogP) is 4.50. The van der Waals surface area contributed by atoms with Crippen molar-refractivity contribution < 1.29 is 9.59 Å². The summed E-state index contributed by atoms with van der Waals surface area (Å²) in [7, 11) is 0. The Hall–Kier alpha value is -3.00. The van der Waals surface area contributed by atoms with Gasteiger partial charge in [-0.05, 0) is 49.8 Å². The van der Waals surface area contributed by atoms with Crippen LogP contribution in [0.4, 0.5) is 0 Å². The lowest BCUT2D eigenvalue weighted by atomic mass is 9.85. The summed E-state index contributed by atoms with van der Waals surface area (Å²) in [5, 5.41) is 12.6. The maximum absolute atomic E-state index is 12.8.